The second kappa shape index (κ2) is 8.80. The number of aryl methyl sites for hydroxylation is 1. The number of esters is 1. The molecular weight excluding hydrogens is 328 g/mol. The van der Waals surface area contributed by atoms with Crippen molar-refractivity contribution in [2.24, 2.45) is 0 Å². The monoisotopic (exact) mass is 346 g/mol. The number of ether oxygens (including phenoxy) is 1. The number of benzene rings is 2. The lowest BCUT2D eigenvalue weighted by molar-refractivity contribution is -0.137. The zero-order valence-corrected chi connectivity index (χ0v) is 14.8. The molecule has 0 aliphatic carbocycles. The van der Waals surface area contributed by atoms with Gasteiger partial charge in [0.05, 0.1) is 6.61 Å². The number of hydrogen-bond donors (Lipinski definition) is 0. The molecule has 0 aliphatic heterocycles. The molecule has 0 heterocycles. The third-order valence-corrected chi connectivity index (χ3v) is 4.51. The predicted octanol–water partition coefficient (Wildman–Crippen LogP) is 5.63. The Morgan fingerprint density at radius 3 is 2.65 bits per heavy atom. The average molecular weight is 347 g/mol. The van der Waals surface area contributed by atoms with Crippen LogP contribution in [0, 0.1) is 0 Å². The molecule has 0 radical (unpaired) electrons. The number of hydrogen-bond acceptors (Lipinski definition) is 3. The second-order valence-electron chi connectivity index (χ2n) is 4.87. The minimum absolute atomic E-state index is 0.363. The molecule has 2 nitrogen and oxygen atoms in total. The molecule has 0 aromatic heterocycles. The van der Waals surface area contributed by atoms with Crippen LogP contribution in [0.1, 0.15) is 25.0 Å². The molecule has 4 heteroatoms. The topological polar surface area (TPSA) is 26.3 Å². The van der Waals surface area contributed by atoms with Crippen molar-refractivity contribution >= 4 is 35.4 Å². The van der Waals surface area contributed by atoms with Gasteiger partial charge in [0, 0.05) is 20.9 Å². The van der Waals surface area contributed by atoms with Gasteiger partial charge in [-0.05, 0) is 54.8 Å². The Bertz CT molecular complexity index is 710. The van der Waals surface area contributed by atoms with Crippen molar-refractivity contribution < 1.29 is 9.53 Å². The van der Waals surface area contributed by atoms with Crippen LogP contribution in [0.4, 0.5) is 0 Å². The summed E-state index contributed by atoms with van der Waals surface area (Å²) in [5, 5.41) is 0.613. The molecule has 0 saturated heterocycles. The van der Waals surface area contributed by atoms with E-state index in [0.29, 0.717) is 11.6 Å². The molecule has 2 rings (SSSR count). The van der Waals surface area contributed by atoms with E-state index in [0.717, 1.165) is 16.9 Å². The van der Waals surface area contributed by atoms with Gasteiger partial charge in [-0.1, -0.05) is 48.5 Å². The highest BCUT2D eigenvalue weighted by atomic mass is 35.5. The van der Waals surface area contributed by atoms with Crippen molar-refractivity contribution in [3.05, 3.63) is 64.7 Å². The Morgan fingerprint density at radius 2 is 1.96 bits per heavy atom. The first kappa shape index (κ1) is 17.6. The summed E-state index contributed by atoms with van der Waals surface area (Å²) in [6.07, 6.45) is 4.08. The number of rotatable bonds is 6. The number of halogens is 1. The fourth-order valence-corrected chi connectivity index (χ4v) is 3.27. The number of carbonyl (C=O) groups is 1. The van der Waals surface area contributed by atoms with E-state index in [4.69, 9.17) is 16.3 Å². The maximum Gasteiger partial charge on any atom is 0.330 e. The lowest BCUT2D eigenvalue weighted by atomic mass is 10.2. The average Bonchev–Trinajstić information content (AvgIpc) is 2.54. The fraction of sp³-hybridized carbons (Fsp3) is 0.211. The lowest BCUT2D eigenvalue weighted by Crippen LogP contribution is -1.98. The number of carbonyl (C=O) groups excluding carboxylic acids is 1. The van der Waals surface area contributed by atoms with Crippen molar-refractivity contribution in [2.75, 3.05) is 6.61 Å². The Morgan fingerprint density at radius 1 is 1.17 bits per heavy atom. The van der Waals surface area contributed by atoms with E-state index in [1.807, 2.05) is 18.2 Å². The molecular formula is C19H19ClO2S. The normalized spacial score (nSPS) is 10.9. The quantitative estimate of drug-likeness (QED) is 0.501. The molecule has 0 bridgehead atoms. The smallest absolute Gasteiger partial charge is 0.330 e. The predicted molar refractivity (Wildman–Crippen MR) is 97.1 cm³/mol. The van der Waals surface area contributed by atoms with Gasteiger partial charge >= 0.3 is 5.97 Å². The fourth-order valence-electron chi connectivity index (χ4n) is 2.02. The molecule has 0 aliphatic rings. The van der Waals surface area contributed by atoms with Crippen molar-refractivity contribution in [1.82, 2.24) is 0 Å². The minimum atomic E-state index is -0.363. The van der Waals surface area contributed by atoms with Crippen molar-refractivity contribution in [3.8, 4) is 0 Å². The molecule has 120 valence electrons. The lowest BCUT2D eigenvalue weighted by Gasteiger charge is -2.06. The van der Waals surface area contributed by atoms with Crippen LogP contribution in [0.15, 0.2) is 58.3 Å². The molecule has 0 fully saturated rings. The molecule has 0 saturated carbocycles. The summed E-state index contributed by atoms with van der Waals surface area (Å²) in [6.45, 7) is 4.28. The molecule has 0 spiro atoms. The van der Waals surface area contributed by atoms with E-state index in [-0.39, 0.29) is 5.97 Å². The maximum absolute atomic E-state index is 11.3. The third kappa shape index (κ3) is 5.45. The van der Waals surface area contributed by atoms with Crippen LogP contribution in [0.2, 0.25) is 5.02 Å². The third-order valence-electron chi connectivity index (χ3n) is 3.20. The van der Waals surface area contributed by atoms with Crippen LogP contribution < -0.4 is 0 Å². The SMILES string of the molecule is CCOC(=O)C=Cc1ccc(Sc2cccc(CC)c2)cc1Cl. The van der Waals surface area contributed by atoms with Gasteiger partial charge in [-0.25, -0.2) is 4.79 Å². The van der Waals surface area contributed by atoms with Crippen LogP contribution >= 0.6 is 23.4 Å². The Balaban J connectivity index is 2.11. The molecule has 0 atom stereocenters. The van der Waals surface area contributed by atoms with Crippen LogP contribution in [-0.2, 0) is 16.0 Å². The summed E-state index contributed by atoms with van der Waals surface area (Å²) in [7, 11) is 0. The van der Waals surface area contributed by atoms with Gasteiger partial charge in [-0.3, -0.25) is 0 Å². The first-order valence-electron chi connectivity index (χ1n) is 7.53. The minimum Gasteiger partial charge on any atom is -0.463 e. The van der Waals surface area contributed by atoms with Gasteiger partial charge in [0.2, 0.25) is 0 Å². The van der Waals surface area contributed by atoms with Crippen LogP contribution in [0.3, 0.4) is 0 Å². The molecule has 0 amide bonds. The Labute approximate surface area is 146 Å². The molecule has 2 aromatic carbocycles. The van der Waals surface area contributed by atoms with Crippen LogP contribution in [0.25, 0.3) is 6.08 Å². The largest absolute Gasteiger partial charge is 0.463 e. The zero-order chi connectivity index (χ0) is 16.7. The highest BCUT2D eigenvalue weighted by Crippen LogP contribution is 2.31. The zero-order valence-electron chi connectivity index (χ0n) is 13.2. The van der Waals surface area contributed by atoms with Crippen molar-refractivity contribution in [3.63, 3.8) is 0 Å². The summed E-state index contributed by atoms with van der Waals surface area (Å²) in [6, 6.07) is 14.3. The van der Waals surface area contributed by atoms with Crippen LogP contribution in [0.5, 0.6) is 0 Å². The summed E-state index contributed by atoms with van der Waals surface area (Å²) >= 11 is 7.97. The first-order valence-corrected chi connectivity index (χ1v) is 8.73. The molecule has 0 N–H and O–H groups in total. The van der Waals surface area contributed by atoms with E-state index < -0.39 is 0 Å². The van der Waals surface area contributed by atoms with Gasteiger partial charge in [0.1, 0.15) is 0 Å². The van der Waals surface area contributed by atoms with Crippen molar-refractivity contribution in [2.45, 2.75) is 30.1 Å². The Kier molecular flexibility index (Phi) is 6.75. The standard InChI is InChI=1S/C19H19ClO2S/c1-3-14-6-5-7-16(12-14)23-17-10-8-15(18(20)13-17)9-11-19(21)22-4-2/h5-13H,3-4H2,1-2H3. The highest BCUT2D eigenvalue weighted by Gasteiger charge is 2.03. The molecule has 2 aromatic rings. The summed E-state index contributed by atoms with van der Waals surface area (Å²) in [4.78, 5) is 13.6. The van der Waals surface area contributed by atoms with E-state index in [1.54, 1.807) is 24.8 Å². The van der Waals surface area contributed by atoms with E-state index in [2.05, 4.69) is 31.2 Å². The summed E-state index contributed by atoms with van der Waals surface area (Å²) in [5.41, 5.74) is 2.11. The van der Waals surface area contributed by atoms with E-state index in [1.165, 1.54) is 16.5 Å². The molecule has 23 heavy (non-hydrogen) atoms. The van der Waals surface area contributed by atoms with Gasteiger partial charge in [0.25, 0.3) is 0 Å². The van der Waals surface area contributed by atoms with Crippen molar-refractivity contribution in [1.29, 1.82) is 0 Å². The van der Waals surface area contributed by atoms with Gasteiger partial charge in [-0.15, -0.1) is 0 Å². The van der Waals surface area contributed by atoms with Crippen LogP contribution in [-0.4, -0.2) is 12.6 Å². The van der Waals surface area contributed by atoms with Gasteiger partial charge < -0.3 is 4.74 Å². The summed E-state index contributed by atoms with van der Waals surface area (Å²) in [5.74, 6) is -0.363. The maximum atomic E-state index is 11.3. The van der Waals surface area contributed by atoms with Gasteiger partial charge in [-0.2, -0.15) is 0 Å². The van der Waals surface area contributed by atoms with E-state index in [9.17, 15) is 4.79 Å². The Hall–Kier alpha value is -1.71. The van der Waals surface area contributed by atoms with E-state index >= 15 is 0 Å². The second-order valence-corrected chi connectivity index (χ2v) is 6.43. The first-order chi connectivity index (χ1) is 11.1. The summed E-state index contributed by atoms with van der Waals surface area (Å²) < 4.78 is 4.86. The van der Waals surface area contributed by atoms with Gasteiger partial charge in [0.15, 0.2) is 0 Å². The highest BCUT2D eigenvalue weighted by molar-refractivity contribution is 7.99. The molecule has 0 unspecified atom stereocenters.